The van der Waals surface area contributed by atoms with Crippen LogP contribution < -0.4 is 5.32 Å². The standard InChI is InChI=1S/C15H26N2O2/c1-5-15(4)14(19)16-12(8-10(2)3)13(18)17(15)9-11-6-7-11/h10-12H,5-9H2,1-4H3,(H,16,19). The Morgan fingerprint density at radius 1 is 1.37 bits per heavy atom. The zero-order chi connectivity index (χ0) is 14.2. The Morgan fingerprint density at radius 3 is 2.47 bits per heavy atom. The van der Waals surface area contributed by atoms with Crippen LogP contribution in [0, 0.1) is 11.8 Å². The van der Waals surface area contributed by atoms with Gasteiger partial charge in [-0.1, -0.05) is 20.8 Å². The summed E-state index contributed by atoms with van der Waals surface area (Å²) in [6.07, 6.45) is 3.79. The summed E-state index contributed by atoms with van der Waals surface area (Å²) in [7, 11) is 0. The minimum absolute atomic E-state index is 0.0147. The lowest BCUT2D eigenvalue weighted by Crippen LogP contribution is -2.69. The SMILES string of the molecule is CCC1(C)C(=O)NC(CC(C)C)C(=O)N1CC1CC1. The highest BCUT2D eigenvalue weighted by molar-refractivity contribution is 5.99. The second-order valence-corrected chi connectivity index (χ2v) is 6.68. The van der Waals surface area contributed by atoms with Crippen LogP contribution >= 0.6 is 0 Å². The third kappa shape index (κ3) is 2.77. The minimum Gasteiger partial charge on any atom is -0.342 e. The zero-order valence-corrected chi connectivity index (χ0v) is 12.5. The van der Waals surface area contributed by atoms with Gasteiger partial charge in [0, 0.05) is 6.54 Å². The largest absolute Gasteiger partial charge is 0.342 e. The van der Waals surface area contributed by atoms with E-state index in [-0.39, 0.29) is 17.9 Å². The number of carbonyl (C=O) groups is 2. The highest BCUT2D eigenvalue weighted by atomic mass is 16.2. The Balaban J connectivity index is 2.19. The van der Waals surface area contributed by atoms with Crippen molar-refractivity contribution in [2.75, 3.05) is 6.54 Å². The van der Waals surface area contributed by atoms with Crippen LogP contribution in [0.15, 0.2) is 0 Å². The highest BCUT2D eigenvalue weighted by Gasteiger charge is 2.49. The highest BCUT2D eigenvalue weighted by Crippen LogP contribution is 2.35. The van der Waals surface area contributed by atoms with E-state index in [0.717, 1.165) is 13.0 Å². The van der Waals surface area contributed by atoms with Gasteiger partial charge in [-0.25, -0.2) is 0 Å². The molecule has 2 fully saturated rings. The number of carbonyl (C=O) groups excluding carboxylic acids is 2. The predicted molar refractivity (Wildman–Crippen MR) is 74.5 cm³/mol. The number of hydrogen-bond donors (Lipinski definition) is 1. The molecule has 4 heteroatoms. The monoisotopic (exact) mass is 266 g/mol. The molecule has 1 saturated carbocycles. The second kappa shape index (κ2) is 5.14. The molecule has 19 heavy (non-hydrogen) atoms. The lowest BCUT2D eigenvalue weighted by atomic mass is 9.88. The summed E-state index contributed by atoms with van der Waals surface area (Å²) < 4.78 is 0. The fourth-order valence-electron chi connectivity index (χ4n) is 2.76. The van der Waals surface area contributed by atoms with E-state index in [9.17, 15) is 9.59 Å². The van der Waals surface area contributed by atoms with Crippen LogP contribution in [0.1, 0.15) is 53.4 Å². The molecule has 1 heterocycles. The van der Waals surface area contributed by atoms with Crippen molar-refractivity contribution in [1.82, 2.24) is 10.2 Å². The molecule has 2 rings (SSSR count). The zero-order valence-electron chi connectivity index (χ0n) is 12.5. The lowest BCUT2D eigenvalue weighted by Gasteiger charge is -2.46. The van der Waals surface area contributed by atoms with Crippen molar-refractivity contribution in [1.29, 1.82) is 0 Å². The predicted octanol–water partition coefficient (Wildman–Crippen LogP) is 1.94. The van der Waals surface area contributed by atoms with E-state index in [1.165, 1.54) is 12.8 Å². The van der Waals surface area contributed by atoms with E-state index in [2.05, 4.69) is 19.2 Å². The quantitative estimate of drug-likeness (QED) is 0.826. The molecule has 0 bridgehead atoms. The molecule has 2 unspecified atom stereocenters. The average Bonchev–Trinajstić information content (AvgIpc) is 3.15. The third-order valence-corrected chi connectivity index (χ3v) is 4.49. The van der Waals surface area contributed by atoms with Crippen molar-refractivity contribution in [2.45, 2.75) is 65.0 Å². The first kappa shape index (κ1) is 14.4. The first-order valence-corrected chi connectivity index (χ1v) is 7.51. The molecule has 0 aromatic heterocycles. The van der Waals surface area contributed by atoms with Crippen LogP contribution in [0.4, 0.5) is 0 Å². The number of amides is 2. The Bertz CT molecular complexity index is 376. The number of rotatable bonds is 5. The van der Waals surface area contributed by atoms with E-state index in [1.54, 1.807) is 0 Å². The van der Waals surface area contributed by atoms with Crippen molar-refractivity contribution < 1.29 is 9.59 Å². The van der Waals surface area contributed by atoms with Gasteiger partial charge < -0.3 is 10.2 Å². The summed E-state index contributed by atoms with van der Waals surface area (Å²) in [6.45, 7) is 8.80. The van der Waals surface area contributed by atoms with Crippen LogP contribution in [0.25, 0.3) is 0 Å². The molecule has 1 aliphatic carbocycles. The van der Waals surface area contributed by atoms with Crippen molar-refractivity contribution in [3.8, 4) is 0 Å². The lowest BCUT2D eigenvalue weighted by molar-refractivity contribution is -0.157. The maximum Gasteiger partial charge on any atom is 0.246 e. The van der Waals surface area contributed by atoms with Gasteiger partial charge in [-0.3, -0.25) is 9.59 Å². The Morgan fingerprint density at radius 2 is 2.00 bits per heavy atom. The maximum absolute atomic E-state index is 12.7. The molecule has 1 saturated heterocycles. The molecule has 2 amide bonds. The van der Waals surface area contributed by atoms with Crippen LogP contribution in [0.2, 0.25) is 0 Å². The molecule has 2 atom stereocenters. The van der Waals surface area contributed by atoms with E-state index >= 15 is 0 Å². The first-order chi connectivity index (χ1) is 8.88. The second-order valence-electron chi connectivity index (χ2n) is 6.68. The van der Waals surface area contributed by atoms with E-state index in [1.807, 2.05) is 18.7 Å². The topological polar surface area (TPSA) is 49.4 Å². The molecule has 2 aliphatic rings. The molecule has 108 valence electrons. The van der Waals surface area contributed by atoms with Crippen LogP contribution in [0.3, 0.4) is 0 Å². The summed E-state index contributed by atoms with van der Waals surface area (Å²) in [6, 6.07) is -0.328. The van der Waals surface area contributed by atoms with E-state index in [4.69, 9.17) is 0 Å². The number of piperazine rings is 1. The average molecular weight is 266 g/mol. The summed E-state index contributed by atoms with van der Waals surface area (Å²) in [5, 5.41) is 2.93. The Labute approximate surface area is 115 Å². The van der Waals surface area contributed by atoms with Gasteiger partial charge in [0.25, 0.3) is 0 Å². The first-order valence-electron chi connectivity index (χ1n) is 7.51. The van der Waals surface area contributed by atoms with Crippen LogP contribution in [-0.2, 0) is 9.59 Å². The molecule has 0 radical (unpaired) electrons. The van der Waals surface area contributed by atoms with Gasteiger partial charge >= 0.3 is 0 Å². The molecule has 1 N–H and O–H groups in total. The molecule has 0 spiro atoms. The third-order valence-electron chi connectivity index (χ3n) is 4.49. The van der Waals surface area contributed by atoms with Crippen LogP contribution in [-0.4, -0.2) is 34.8 Å². The molecule has 0 aromatic rings. The van der Waals surface area contributed by atoms with Gasteiger partial charge in [-0.05, 0) is 44.4 Å². The van der Waals surface area contributed by atoms with Crippen molar-refractivity contribution in [3.63, 3.8) is 0 Å². The summed E-state index contributed by atoms with van der Waals surface area (Å²) in [5.41, 5.74) is -0.660. The van der Waals surface area contributed by atoms with Crippen molar-refractivity contribution in [2.24, 2.45) is 11.8 Å². The fourth-order valence-corrected chi connectivity index (χ4v) is 2.76. The fraction of sp³-hybridized carbons (Fsp3) is 0.867. The smallest absolute Gasteiger partial charge is 0.246 e. The Hall–Kier alpha value is -1.06. The van der Waals surface area contributed by atoms with Gasteiger partial charge in [0.2, 0.25) is 11.8 Å². The van der Waals surface area contributed by atoms with Crippen molar-refractivity contribution >= 4 is 11.8 Å². The van der Waals surface area contributed by atoms with Crippen LogP contribution in [0.5, 0.6) is 0 Å². The number of nitrogens with one attached hydrogen (secondary N) is 1. The Kier molecular flexibility index (Phi) is 3.88. The summed E-state index contributed by atoms with van der Waals surface area (Å²) >= 11 is 0. The van der Waals surface area contributed by atoms with Gasteiger partial charge in [-0.15, -0.1) is 0 Å². The summed E-state index contributed by atoms with van der Waals surface area (Å²) in [5.74, 6) is 1.15. The number of nitrogens with zero attached hydrogens (tertiary/aromatic N) is 1. The minimum atomic E-state index is -0.660. The maximum atomic E-state index is 12.7. The number of hydrogen-bond acceptors (Lipinski definition) is 2. The van der Waals surface area contributed by atoms with E-state index in [0.29, 0.717) is 18.3 Å². The molecular formula is C15H26N2O2. The molecule has 0 aromatic carbocycles. The summed E-state index contributed by atoms with van der Waals surface area (Å²) in [4.78, 5) is 26.9. The van der Waals surface area contributed by atoms with Gasteiger partial charge in [0.1, 0.15) is 11.6 Å². The van der Waals surface area contributed by atoms with Gasteiger partial charge in [0.05, 0.1) is 0 Å². The molecular weight excluding hydrogens is 240 g/mol. The normalized spacial score (nSPS) is 31.8. The molecule has 1 aliphatic heterocycles. The van der Waals surface area contributed by atoms with Gasteiger partial charge in [-0.2, -0.15) is 0 Å². The van der Waals surface area contributed by atoms with E-state index < -0.39 is 5.54 Å². The molecule has 4 nitrogen and oxygen atoms in total. The van der Waals surface area contributed by atoms with Crippen molar-refractivity contribution in [3.05, 3.63) is 0 Å². The van der Waals surface area contributed by atoms with Gasteiger partial charge in [0.15, 0.2) is 0 Å².